The van der Waals surface area contributed by atoms with E-state index in [-0.39, 0.29) is 26.5 Å². The zero-order valence-corrected chi connectivity index (χ0v) is 11.4. The zero-order chi connectivity index (χ0) is 13.5. The van der Waals surface area contributed by atoms with E-state index in [1.54, 1.807) is 0 Å². The third-order valence-corrected chi connectivity index (χ3v) is 4.17. The lowest BCUT2D eigenvalue weighted by Crippen LogP contribution is -2.26. The van der Waals surface area contributed by atoms with Crippen LogP contribution >= 0.6 is 23.2 Å². The predicted molar refractivity (Wildman–Crippen MR) is 68.3 cm³/mol. The van der Waals surface area contributed by atoms with Gasteiger partial charge >= 0.3 is 0 Å². The molecule has 0 atom stereocenters. The number of rotatable bonds is 3. The molecule has 0 aliphatic heterocycles. The summed E-state index contributed by atoms with van der Waals surface area (Å²) in [5, 5.41) is 7.69. The van der Waals surface area contributed by atoms with Crippen LogP contribution in [0.1, 0.15) is 23.2 Å². The van der Waals surface area contributed by atoms with Crippen LogP contribution in [-0.2, 0) is 10.0 Å². The van der Waals surface area contributed by atoms with E-state index in [4.69, 9.17) is 28.3 Å². The second-order valence-corrected chi connectivity index (χ2v) is 6.40. The van der Waals surface area contributed by atoms with Crippen LogP contribution in [0.15, 0.2) is 17.0 Å². The average Bonchev–Trinajstić information content (AvgIpc) is 2.99. The van der Waals surface area contributed by atoms with Crippen LogP contribution in [0.3, 0.4) is 0 Å². The highest BCUT2D eigenvalue weighted by Crippen LogP contribution is 2.29. The van der Waals surface area contributed by atoms with Crippen LogP contribution in [0.25, 0.3) is 0 Å². The summed E-state index contributed by atoms with van der Waals surface area (Å²) in [5.41, 5.74) is 0.0528. The maximum atomic E-state index is 11.8. The summed E-state index contributed by atoms with van der Waals surface area (Å²) >= 11 is 11.6. The fourth-order valence-corrected chi connectivity index (χ4v) is 2.82. The number of benzene rings is 1. The van der Waals surface area contributed by atoms with E-state index < -0.39 is 15.9 Å². The Balaban J connectivity index is 2.43. The fraction of sp³-hybridized carbons (Fsp3) is 0.300. The number of primary sulfonamides is 1. The number of amides is 1. The molecule has 0 bridgehead atoms. The SMILES string of the molecule is NS(=O)(=O)c1cc(C(=O)NC2CC2)c(Cl)cc1Cl. The molecule has 1 aliphatic rings. The minimum absolute atomic E-state index is 0.0528. The smallest absolute Gasteiger partial charge is 0.253 e. The Morgan fingerprint density at radius 2 is 1.89 bits per heavy atom. The number of carbonyl (C=O) groups excluding carboxylic acids is 1. The van der Waals surface area contributed by atoms with Gasteiger partial charge in [-0.1, -0.05) is 23.2 Å². The second-order valence-electron chi connectivity index (χ2n) is 4.06. The van der Waals surface area contributed by atoms with Crippen LogP contribution in [0.4, 0.5) is 0 Å². The van der Waals surface area contributed by atoms with Crippen molar-refractivity contribution < 1.29 is 13.2 Å². The third kappa shape index (κ3) is 2.95. The first kappa shape index (κ1) is 13.6. The standard InChI is InChI=1S/C10H10Cl2N2O3S/c11-7-4-8(12)9(18(13,16)17)3-6(7)10(15)14-5-1-2-5/h3-5H,1-2H2,(H,14,15)(H2,13,16,17). The molecule has 1 aliphatic carbocycles. The molecule has 1 amide bonds. The molecule has 0 unspecified atom stereocenters. The number of nitrogens with one attached hydrogen (secondary N) is 1. The van der Waals surface area contributed by atoms with Gasteiger partial charge in [-0.3, -0.25) is 4.79 Å². The topological polar surface area (TPSA) is 89.3 Å². The van der Waals surface area contributed by atoms with E-state index in [1.807, 2.05) is 0 Å². The zero-order valence-electron chi connectivity index (χ0n) is 9.11. The first-order valence-corrected chi connectivity index (χ1v) is 7.42. The molecule has 1 aromatic carbocycles. The Morgan fingerprint density at radius 1 is 1.28 bits per heavy atom. The highest BCUT2D eigenvalue weighted by atomic mass is 35.5. The van der Waals surface area contributed by atoms with E-state index in [9.17, 15) is 13.2 Å². The van der Waals surface area contributed by atoms with Crippen molar-refractivity contribution in [3.05, 3.63) is 27.7 Å². The lowest BCUT2D eigenvalue weighted by Gasteiger charge is -2.08. The van der Waals surface area contributed by atoms with Gasteiger partial charge < -0.3 is 5.32 Å². The highest BCUT2D eigenvalue weighted by molar-refractivity contribution is 7.89. The summed E-state index contributed by atoms with van der Waals surface area (Å²) in [6, 6.07) is 2.43. The second kappa shape index (κ2) is 4.70. The fourth-order valence-electron chi connectivity index (χ4n) is 1.41. The monoisotopic (exact) mass is 308 g/mol. The number of hydrogen-bond donors (Lipinski definition) is 2. The Labute approximate surface area is 114 Å². The molecule has 1 fully saturated rings. The Hall–Kier alpha value is -0.820. The molecular weight excluding hydrogens is 299 g/mol. The number of sulfonamides is 1. The van der Waals surface area contributed by atoms with Gasteiger partial charge in [-0.15, -0.1) is 0 Å². The summed E-state index contributed by atoms with van der Waals surface area (Å²) in [7, 11) is -3.99. The molecule has 1 aromatic rings. The number of carbonyl (C=O) groups is 1. The molecule has 0 aromatic heterocycles. The first-order chi connectivity index (χ1) is 8.29. The maximum absolute atomic E-state index is 11.8. The lowest BCUT2D eigenvalue weighted by atomic mass is 10.2. The molecule has 8 heteroatoms. The molecule has 18 heavy (non-hydrogen) atoms. The Morgan fingerprint density at radius 3 is 2.39 bits per heavy atom. The molecule has 0 radical (unpaired) electrons. The summed E-state index contributed by atoms with van der Waals surface area (Å²) in [5.74, 6) is -0.427. The normalized spacial score (nSPS) is 15.5. The molecule has 5 nitrogen and oxygen atoms in total. The largest absolute Gasteiger partial charge is 0.349 e. The molecule has 0 heterocycles. The van der Waals surface area contributed by atoms with Crippen LogP contribution in [0.5, 0.6) is 0 Å². The molecule has 0 saturated heterocycles. The average molecular weight is 309 g/mol. The van der Waals surface area contributed by atoms with Gasteiger partial charge in [0.25, 0.3) is 5.91 Å². The molecular formula is C10H10Cl2N2O3S. The van der Waals surface area contributed by atoms with Crippen molar-refractivity contribution in [2.45, 2.75) is 23.8 Å². The van der Waals surface area contributed by atoms with Crippen molar-refractivity contribution >= 4 is 39.1 Å². The van der Waals surface area contributed by atoms with Crippen molar-refractivity contribution in [2.24, 2.45) is 5.14 Å². The van der Waals surface area contributed by atoms with Gasteiger partial charge in [0.1, 0.15) is 4.90 Å². The minimum atomic E-state index is -3.99. The molecule has 98 valence electrons. The molecule has 3 N–H and O–H groups in total. The molecule has 1 saturated carbocycles. The number of nitrogens with two attached hydrogens (primary N) is 1. The van der Waals surface area contributed by atoms with Gasteiger partial charge in [-0.2, -0.15) is 0 Å². The lowest BCUT2D eigenvalue weighted by molar-refractivity contribution is 0.0951. The van der Waals surface area contributed by atoms with Crippen molar-refractivity contribution in [1.82, 2.24) is 5.32 Å². The Kier molecular flexibility index (Phi) is 3.55. The van der Waals surface area contributed by atoms with Crippen molar-refractivity contribution in [1.29, 1.82) is 0 Å². The van der Waals surface area contributed by atoms with E-state index in [2.05, 4.69) is 5.32 Å². The van der Waals surface area contributed by atoms with Crippen LogP contribution in [-0.4, -0.2) is 20.4 Å². The van der Waals surface area contributed by atoms with Gasteiger partial charge in [0, 0.05) is 6.04 Å². The van der Waals surface area contributed by atoms with Gasteiger partial charge in [-0.05, 0) is 25.0 Å². The minimum Gasteiger partial charge on any atom is -0.349 e. The van der Waals surface area contributed by atoms with Crippen molar-refractivity contribution in [3.8, 4) is 0 Å². The number of hydrogen-bond acceptors (Lipinski definition) is 3. The van der Waals surface area contributed by atoms with E-state index >= 15 is 0 Å². The molecule has 0 spiro atoms. The van der Waals surface area contributed by atoms with Crippen LogP contribution in [0.2, 0.25) is 10.0 Å². The van der Waals surface area contributed by atoms with Crippen LogP contribution < -0.4 is 10.5 Å². The first-order valence-electron chi connectivity index (χ1n) is 5.12. The van der Waals surface area contributed by atoms with E-state index in [0.717, 1.165) is 18.9 Å². The summed E-state index contributed by atoms with van der Waals surface area (Å²) < 4.78 is 22.6. The summed E-state index contributed by atoms with van der Waals surface area (Å²) in [4.78, 5) is 11.5. The molecule has 2 rings (SSSR count). The van der Waals surface area contributed by atoms with E-state index in [1.165, 1.54) is 6.07 Å². The quantitative estimate of drug-likeness (QED) is 0.887. The Bertz CT molecular complexity index is 612. The maximum Gasteiger partial charge on any atom is 0.253 e. The summed E-state index contributed by atoms with van der Waals surface area (Å²) in [6.07, 6.45) is 1.83. The van der Waals surface area contributed by atoms with Gasteiger partial charge in [-0.25, -0.2) is 13.6 Å². The van der Waals surface area contributed by atoms with Gasteiger partial charge in [0.2, 0.25) is 10.0 Å². The van der Waals surface area contributed by atoms with Gasteiger partial charge in [0.15, 0.2) is 0 Å². The van der Waals surface area contributed by atoms with Gasteiger partial charge in [0.05, 0.1) is 15.6 Å². The van der Waals surface area contributed by atoms with Crippen molar-refractivity contribution in [3.63, 3.8) is 0 Å². The highest BCUT2D eigenvalue weighted by Gasteiger charge is 2.26. The predicted octanol–water partition coefficient (Wildman–Crippen LogP) is 1.53. The van der Waals surface area contributed by atoms with Crippen molar-refractivity contribution in [2.75, 3.05) is 0 Å². The summed E-state index contributed by atoms with van der Waals surface area (Å²) in [6.45, 7) is 0. The van der Waals surface area contributed by atoms with E-state index in [0.29, 0.717) is 0 Å². The number of halogens is 2. The third-order valence-electron chi connectivity index (χ3n) is 2.49. The van der Waals surface area contributed by atoms with Crippen LogP contribution in [0, 0.1) is 0 Å².